The van der Waals surface area contributed by atoms with Gasteiger partial charge in [-0.1, -0.05) is 18.2 Å². The Hall–Kier alpha value is -2.43. The number of nitrogens with zero attached hydrogens (tertiary/aromatic N) is 1. The fourth-order valence-corrected chi connectivity index (χ4v) is 2.79. The third-order valence-electron chi connectivity index (χ3n) is 3.70. The van der Waals surface area contributed by atoms with Crippen LogP contribution in [-0.4, -0.2) is 19.0 Å². The van der Waals surface area contributed by atoms with Crippen LogP contribution in [0.15, 0.2) is 42.5 Å². The first-order valence-corrected chi connectivity index (χ1v) is 7.21. The lowest BCUT2D eigenvalue weighted by molar-refractivity contribution is -0.115. The molecular weight excluding hydrogens is 286 g/mol. The van der Waals surface area contributed by atoms with E-state index in [1.165, 1.54) is 24.3 Å². The molecule has 1 heterocycles. The standard InChI is InChI=1S/C17H16F2N2O/c18-13-6-2-7-14(10-13)20-16(22)11-21-9-3-5-12-4-1-8-15(19)17(12)21/h1-2,4,6-8,10H,3,5,9,11H2,(H,20,22). The molecule has 2 aromatic rings. The lowest BCUT2D eigenvalue weighted by atomic mass is 10.0. The number of hydrogen-bond donors (Lipinski definition) is 1. The first kappa shape index (κ1) is 14.5. The Morgan fingerprint density at radius 3 is 2.82 bits per heavy atom. The fourth-order valence-electron chi connectivity index (χ4n) is 2.79. The van der Waals surface area contributed by atoms with Gasteiger partial charge >= 0.3 is 0 Å². The van der Waals surface area contributed by atoms with Crippen molar-refractivity contribution in [3.8, 4) is 0 Å². The topological polar surface area (TPSA) is 32.3 Å². The average molecular weight is 302 g/mol. The number of carbonyl (C=O) groups excluding carboxylic acids is 1. The average Bonchev–Trinajstić information content (AvgIpc) is 2.47. The largest absolute Gasteiger partial charge is 0.360 e. The van der Waals surface area contributed by atoms with Crippen molar-refractivity contribution in [2.45, 2.75) is 12.8 Å². The van der Waals surface area contributed by atoms with E-state index in [2.05, 4.69) is 5.32 Å². The highest BCUT2D eigenvalue weighted by molar-refractivity contribution is 5.94. The minimum Gasteiger partial charge on any atom is -0.360 e. The normalized spacial score (nSPS) is 13.6. The van der Waals surface area contributed by atoms with Crippen molar-refractivity contribution in [3.63, 3.8) is 0 Å². The Morgan fingerprint density at radius 2 is 2.00 bits per heavy atom. The molecule has 1 amide bonds. The molecule has 1 N–H and O–H groups in total. The number of rotatable bonds is 3. The van der Waals surface area contributed by atoms with E-state index in [-0.39, 0.29) is 18.3 Å². The van der Waals surface area contributed by atoms with Crippen molar-refractivity contribution in [1.82, 2.24) is 0 Å². The molecule has 0 bridgehead atoms. The van der Waals surface area contributed by atoms with Gasteiger partial charge in [-0.05, 0) is 42.7 Å². The highest BCUT2D eigenvalue weighted by Gasteiger charge is 2.22. The van der Waals surface area contributed by atoms with Crippen LogP contribution in [0.4, 0.5) is 20.2 Å². The van der Waals surface area contributed by atoms with E-state index < -0.39 is 5.82 Å². The molecule has 0 saturated heterocycles. The van der Waals surface area contributed by atoms with Crippen LogP contribution in [0, 0.1) is 11.6 Å². The number of carbonyl (C=O) groups is 1. The van der Waals surface area contributed by atoms with Crippen LogP contribution in [0.5, 0.6) is 0 Å². The minimum absolute atomic E-state index is 0.0461. The molecule has 0 aromatic heterocycles. The van der Waals surface area contributed by atoms with E-state index in [4.69, 9.17) is 0 Å². The highest BCUT2D eigenvalue weighted by Crippen LogP contribution is 2.29. The zero-order valence-corrected chi connectivity index (χ0v) is 12.0. The number of halogens is 2. The van der Waals surface area contributed by atoms with E-state index in [1.54, 1.807) is 17.0 Å². The van der Waals surface area contributed by atoms with Gasteiger partial charge in [0.2, 0.25) is 5.91 Å². The van der Waals surface area contributed by atoms with Gasteiger partial charge in [0.05, 0.1) is 12.2 Å². The zero-order valence-electron chi connectivity index (χ0n) is 12.0. The number of hydrogen-bond acceptors (Lipinski definition) is 2. The van der Waals surface area contributed by atoms with Crippen molar-refractivity contribution in [3.05, 3.63) is 59.7 Å². The zero-order chi connectivity index (χ0) is 15.5. The Kier molecular flexibility index (Phi) is 4.04. The third-order valence-corrected chi connectivity index (χ3v) is 3.70. The molecule has 0 unspecified atom stereocenters. The summed E-state index contributed by atoms with van der Waals surface area (Å²) in [6.45, 7) is 0.676. The summed E-state index contributed by atoms with van der Waals surface area (Å²) in [5, 5.41) is 2.64. The second-order valence-corrected chi connectivity index (χ2v) is 5.33. The summed E-state index contributed by atoms with van der Waals surface area (Å²) in [5.41, 5.74) is 1.82. The SMILES string of the molecule is O=C(CN1CCCc2cccc(F)c21)Nc1cccc(F)c1. The van der Waals surface area contributed by atoms with Crippen LogP contribution in [0.25, 0.3) is 0 Å². The first-order chi connectivity index (χ1) is 10.6. The summed E-state index contributed by atoms with van der Waals surface area (Å²) in [6.07, 6.45) is 1.69. The first-order valence-electron chi connectivity index (χ1n) is 7.21. The molecule has 0 spiro atoms. The summed E-state index contributed by atoms with van der Waals surface area (Å²) in [7, 11) is 0. The van der Waals surface area contributed by atoms with Gasteiger partial charge < -0.3 is 10.2 Å². The van der Waals surface area contributed by atoms with Crippen LogP contribution in [0.2, 0.25) is 0 Å². The molecule has 0 aliphatic carbocycles. The fraction of sp³-hybridized carbons (Fsp3) is 0.235. The molecule has 0 radical (unpaired) electrons. The number of fused-ring (bicyclic) bond motifs is 1. The van der Waals surface area contributed by atoms with E-state index in [9.17, 15) is 13.6 Å². The highest BCUT2D eigenvalue weighted by atomic mass is 19.1. The van der Waals surface area contributed by atoms with Crippen molar-refractivity contribution in [2.24, 2.45) is 0 Å². The predicted molar refractivity (Wildman–Crippen MR) is 82.0 cm³/mol. The number of anilines is 2. The van der Waals surface area contributed by atoms with Gasteiger partial charge in [-0.25, -0.2) is 8.78 Å². The molecule has 0 fully saturated rings. The van der Waals surface area contributed by atoms with Crippen LogP contribution >= 0.6 is 0 Å². The quantitative estimate of drug-likeness (QED) is 0.943. The van der Waals surface area contributed by atoms with Gasteiger partial charge in [-0.2, -0.15) is 0 Å². The maximum Gasteiger partial charge on any atom is 0.243 e. The minimum atomic E-state index is -0.410. The van der Waals surface area contributed by atoms with Gasteiger partial charge in [-0.3, -0.25) is 4.79 Å². The van der Waals surface area contributed by atoms with Crippen LogP contribution < -0.4 is 10.2 Å². The molecule has 0 saturated carbocycles. The Balaban J connectivity index is 1.73. The smallest absolute Gasteiger partial charge is 0.243 e. The molecule has 114 valence electrons. The van der Waals surface area contributed by atoms with Gasteiger partial charge in [0.1, 0.15) is 11.6 Å². The number of benzene rings is 2. The Labute approximate surface area is 127 Å². The van der Waals surface area contributed by atoms with Gasteiger partial charge in [0, 0.05) is 12.2 Å². The molecule has 5 heteroatoms. The molecule has 1 aliphatic rings. The summed E-state index contributed by atoms with van der Waals surface area (Å²) in [4.78, 5) is 13.9. The number of aryl methyl sites for hydroxylation is 1. The summed E-state index contributed by atoms with van der Waals surface area (Å²) in [5.74, 6) is -1.01. The van der Waals surface area contributed by atoms with Gasteiger partial charge in [-0.15, -0.1) is 0 Å². The number of para-hydroxylation sites is 1. The molecule has 1 aliphatic heterocycles. The molecule has 3 nitrogen and oxygen atoms in total. The van der Waals surface area contributed by atoms with Crippen molar-refractivity contribution < 1.29 is 13.6 Å². The summed E-state index contributed by atoms with van der Waals surface area (Å²) in [6, 6.07) is 10.7. The van der Waals surface area contributed by atoms with E-state index >= 15 is 0 Å². The van der Waals surface area contributed by atoms with Gasteiger partial charge in [0.25, 0.3) is 0 Å². The molecular formula is C17H16F2N2O. The third kappa shape index (κ3) is 3.08. The molecule has 0 atom stereocenters. The van der Waals surface area contributed by atoms with E-state index in [0.717, 1.165) is 18.4 Å². The monoisotopic (exact) mass is 302 g/mol. The molecule has 2 aromatic carbocycles. The lowest BCUT2D eigenvalue weighted by Crippen LogP contribution is -2.37. The number of amides is 1. The second kappa shape index (κ2) is 6.13. The van der Waals surface area contributed by atoms with Crippen molar-refractivity contribution in [1.29, 1.82) is 0 Å². The Morgan fingerprint density at radius 1 is 1.18 bits per heavy atom. The van der Waals surface area contributed by atoms with Crippen molar-refractivity contribution in [2.75, 3.05) is 23.3 Å². The van der Waals surface area contributed by atoms with Crippen LogP contribution in [0.3, 0.4) is 0 Å². The van der Waals surface area contributed by atoms with Crippen molar-refractivity contribution >= 4 is 17.3 Å². The second-order valence-electron chi connectivity index (χ2n) is 5.33. The number of nitrogens with one attached hydrogen (secondary N) is 1. The Bertz CT molecular complexity index is 703. The lowest BCUT2D eigenvalue weighted by Gasteiger charge is -2.31. The predicted octanol–water partition coefficient (Wildman–Crippen LogP) is 3.36. The molecule has 3 rings (SSSR count). The summed E-state index contributed by atoms with van der Waals surface area (Å²) >= 11 is 0. The maximum absolute atomic E-state index is 14.0. The van der Waals surface area contributed by atoms with Gasteiger partial charge in [0.15, 0.2) is 0 Å². The maximum atomic E-state index is 14.0. The molecule has 22 heavy (non-hydrogen) atoms. The van der Waals surface area contributed by atoms with Crippen LogP contribution in [-0.2, 0) is 11.2 Å². The van der Waals surface area contributed by atoms with E-state index in [1.807, 2.05) is 6.07 Å². The van der Waals surface area contributed by atoms with Crippen LogP contribution in [0.1, 0.15) is 12.0 Å². The summed E-state index contributed by atoms with van der Waals surface area (Å²) < 4.78 is 27.1. The van der Waals surface area contributed by atoms with E-state index in [0.29, 0.717) is 17.9 Å².